The molecule has 0 atom stereocenters. The number of benzene rings is 1. The molecule has 1 aliphatic heterocycles. The molecule has 3 heteroatoms. The Hall–Kier alpha value is -1.06. The van der Waals surface area contributed by atoms with Crippen molar-refractivity contribution in [3.8, 4) is 5.75 Å². The summed E-state index contributed by atoms with van der Waals surface area (Å²) in [6.45, 7) is 5.80. The van der Waals surface area contributed by atoms with E-state index in [1.165, 1.54) is 50.9 Å². The van der Waals surface area contributed by atoms with Gasteiger partial charge in [-0.15, -0.1) is 0 Å². The van der Waals surface area contributed by atoms with Crippen LogP contribution in [-0.2, 0) is 6.42 Å². The first-order chi connectivity index (χ1) is 9.90. The molecule has 2 aliphatic rings. The summed E-state index contributed by atoms with van der Waals surface area (Å²) in [6.07, 6.45) is 6.71. The van der Waals surface area contributed by atoms with Crippen molar-refractivity contribution in [3.63, 3.8) is 0 Å². The first-order valence-corrected chi connectivity index (χ1v) is 8.09. The average molecular weight is 274 g/mol. The number of piperazine rings is 1. The van der Waals surface area contributed by atoms with Gasteiger partial charge in [0.1, 0.15) is 5.75 Å². The van der Waals surface area contributed by atoms with Crippen LogP contribution in [0.15, 0.2) is 24.3 Å². The highest BCUT2D eigenvalue weighted by molar-refractivity contribution is 5.27. The smallest absolute Gasteiger partial charge is 0.119 e. The summed E-state index contributed by atoms with van der Waals surface area (Å²) in [5, 5.41) is 3.40. The number of nitrogens with one attached hydrogen (secondary N) is 1. The van der Waals surface area contributed by atoms with Gasteiger partial charge in [-0.05, 0) is 49.8 Å². The molecule has 0 radical (unpaired) electrons. The fourth-order valence-corrected chi connectivity index (χ4v) is 3.16. The van der Waals surface area contributed by atoms with Crippen molar-refractivity contribution < 1.29 is 4.74 Å². The van der Waals surface area contributed by atoms with Crippen molar-refractivity contribution >= 4 is 0 Å². The Morgan fingerprint density at radius 1 is 1.05 bits per heavy atom. The monoisotopic (exact) mass is 274 g/mol. The molecular formula is C17H26N2O. The molecule has 3 rings (SSSR count). The van der Waals surface area contributed by atoms with Crippen molar-refractivity contribution in [2.75, 3.05) is 32.7 Å². The van der Waals surface area contributed by atoms with E-state index in [1.807, 2.05) is 0 Å². The Balaban J connectivity index is 1.45. The molecule has 20 heavy (non-hydrogen) atoms. The van der Waals surface area contributed by atoms with Gasteiger partial charge in [-0.3, -0.25) is 0 Å². The molecule has 1 saturated carbocycles. The van der Waals surface area contributed by atoms with Gasteiger partial charge in [0.05, 0.1) is 6.10 Å². The van der Waals surface area contributed by atoms with E-state index < -0.39 is 0 Å². The molecule has 1 aromatic rings. The molecule has 0 spiro atoms. The van der Waals surface area contributed by atoms with E-state index in [0.29, 0.717) is 6.10 Å². The summed E-state index contributed by atoms with van der Waals surface area (Å²) in [5.74, 6) is 1.04. The third-order valence-corrected chi connectivity index (χ3v) is 4.45. The first kappa shape index (κ1) is 13.9. The van der Waals surface area contributed by atoms with E-state index in [4.69, 9.17) is 4.74 Å². The predicted molar refractivity (Wildman–Crippen MR) is 82.3 cm³/mol. The molecule has 1 aromatic carbocycles. The second-order valence-electron chi connectivity index (χ2n) is 6.01. The van der Waals surface area contributed by atoms with Crippen molar-refractivity contribution in [1.82, 2.24) is 10.2 Å². The summed E-state index contributed by atoms with van der Waals surface area (Å²) in [5.41, 5.74) is 1.42. The van der Waals surface area contributed by atoms with Crippen LogP contribution in [0, 0.1) is 0 Å². The van der Waals surface area contributed by atoms with Gasteiger partial charge in [0.15, 0.2) is 0 Å². The second-order valence-corrected chi connectivity index (χ2v) is 6.01. The second kappa shape index (κ2) is 7.09. The van der Waals surface area contributed by atoms with Gasteiger partial charge < -0.3 is 15.0 Å². The van der Waals surface area contributed by atoms with Crippen LogP contribution in [0.5, 0.6) is 5.75 Å². The summed E-state index contributed by atoms with van der Waals surface area (Å²) in [6, 6.07) is 8.75. The van der Waals surface area contributed by atoms with Crippen LogP contribution in [0.2, 0.25) is 0 Å². The van der Waals surface area contributed by atoms with Gasteiger partial charge in [-0.1, -0.05) is 12.1 Å². The zero-order chi connectivity index (χ0) is 13.6. The van der Waals surface area contributed by atoms with Crippen LogP contribution in [0.3, 0.4) is 0 Å². The van der Waals surface area contributed by atoms with Crippen LogP contribution < -0.4 is 10.1 Å². The molecule has 0 unspecified atom stereocenters. The summed E-state index contributed by atoms with van der Waals surface area (Å²) in [7, 11) is 0. The molecule has 110 valence electrons. The molecule has 0 bridgehead atoms. The molecule has 2 fully saturated rings. The summed E-state index contributed by atoms with van der Waals surface area (Å²) in [4.78, 5) is 2.54. The number of nitrogens with zero attached hydrogens (tertiary/aromatic N) is 1. The Bertz CT molecular complexity index is 392. The van der Waals surface area contributed by atoms with Crippen molar-refractivity contribution in [1.29, 1.82) is 0 Å². The molecular weight excluding hydrogens is 248 g/mol. The minimum absolute atomic E-state index is 0.460. The van der Waals surface area contributed by atoms with E-state index in [1.54, 1.807) is 0 Å². The number of rotatable bonds is 5. The maximum Gasteiger partial charge on any atom is 0.119 e. The average Bonchev–Trinajstić information content (AvgIpc) is 3.01. The lowest BCUT2D eigenvalue weighted by Gasteiger charge is -2.27. The topological polar surface area (TPSA) is 24.5 Å². The van der Waals surface area contributed by atoms with Gasteiger partial charge in [-0.2, -0.15) is 0 Å². The van der Waals surface area contributed by atoms with Gasteiger partial charge in [0.2, 0.25) is 0 Å². The SMILES string of the molecule is c1cc(OC2CCCC2)ccc1CCN1CCNCC1. The normalized spacial score (nSPS) is 21.2. The Labute approximate surface area is 122 Å². The molecule has 1 heterocycles. The van der Waals surface area contributed by atoms with Gasteiger partial charge in [-0.25, -0.2) is 0 Å². The zero-order valence-corrected chi connectivity index (χ0v) is 12.3. The van der Waals surface area contributed by atoms with Gasteiger partial charge in [0, 0.05) is 32.7 Å². The lowest BCUT2D eigenvalue weighted by molar-refractivity contribution is 0.210. The van der Waals surface area contributed by atoms with Crippen LogP contribution in [0.1, 0.15) is 31.2 Å². The van der Waals surface area contributed by atoms with Crippen molar-refractivity contribution in [2.45, 2.75) is 38.2 Å². The molecule has 3 nitrogen and oxygen atoms in total. The standard InChI is InChI=1S/C17H26N2O/c1-2-4-16(3-1)20-17-7-5-15(6-8-17)9-12-19-13-10-18-11-14-19/h5-8,16,18H,1-4,9-14H2. The lowest BCUT2D eigenvalue weighted by atomic mass is 10.1. The van der Waals surface area contributed by atoms with E-state index in [9.17, 15) is 0 Å². The molecule has 0 aromatic heterocycles. The highest BCUT2D eigenvalue weighted by atomic mass is 16.5. The molecule has 1 aliphatic carbocycles. The van der Waals surface area contributed by atoms with Crippen LogP contribution in [0.25, 0.3) is 0 Å². The predicted octanol–water partition coefficient (Wildman–Crippen LogP) is 2.46. The first-order valence-electron chi connectivity index (χ1n) is 8.09. The fourth-order valence-electron chi connectivity index (χ4n) is 3.16. The maximum atomic E-state index is 6.01. The Morgan fingerprint density at radius 3 is 2.45 bits per heavy atom. The van der Waals surface area contributed by atoms with Crippen molar-refractivity contribution in [3.05, 3.63) is 29.8 Å². The Kier molecular flexibility index (Phi) is 4.93. The summed E-state index contributed by atoms with van der Waals surface area (Å²) < 4.78 is 6.01. The van der Waals surface area contributed by atoms with Crippen LogP contribution >= 0.6 is 0 Å². The van der Waals surface area contributed by atoms with Crippen LogP contribution in [-0.4, -0.2) is 43.7 Å². The highest BCUT2D eigenvalue weighted by Gasteiger charge is 2.16. The zero-order valence-electron chi connectivity index (χ0n) is 12.3. The fraction of sp³-hybridized carbons (Fsp3) is 0.647. The third-order valence-electron chi connectivity index (χ3n) is 4.45. The number of hydrogen-bond donors (Lipinski definition) is 1. The molecule has 1 N–H and O–H groups in total. The van der Waals surface area contributed by atoms with E-state index in [2.05, 4.69) is 34.5 Å². The van der Waals surface area contributed by atoms with E-state index >= 15 is 0 Å². The largest absolute Gasteiger partial charge is 0.490 e. The van der Waals surface area contributed by atoms with Crippen LogP contribution in [0.4, 0.5) is 0 Å². The number of ether oxygens (including phenoxy) is 1. The third kappa shape index (κ3) is 3.97. The Morgan fingerprint density at radius 2 is 1.75 bits per heavy atom. The highest BCUT2D eigenvalue weighted by Crippen LogP contribution is 2.24. The molecule has 1 saturated heterocycles. The summed E-state index contributed by atoms with van der Waals surface area (Å²) >= 11 is 0. The van der Waals surface area contributed by atoms with E-state index in [-0.39, 0.29) is 0 Å². The van der Waals surface area contributed by atoms with Gasteiger partial charge in [0.25, 0.3) is 0 Å². The maximum absolute atomic E-state index is 6.01. The minimum Gasteiger partial charge on any atom is -0.490 e. The van der Waals surface area contributed by atoms with Crippen molar-refractivity contribution in [2.24, 2.45) is 0 Å². The van der Waals surface area contributed by atoms with E-state index in [0.717, 1.165) is 25.3 Å². The lowest BCUT2D eigenvalue weighted by Crippen LogP contribution is -2.44. The van der Waals surface area contributed by atoms with Gasteiger partial charge >= 0.3 is 0 Å². The quantitative estimate of drug-likeness (QED) is 0.892. The minimum atomic E-state index is 0.460. The molecule has 0 amide bonds. The number of hydrogen-bond acceptors (Lipinski definition) is 3.